The summed E-state index contributed by atoms with van der Waals surface area (Å²) in [5.74, 6) is -2.73. The zero-order chi connectivity index (χ0) is 30.8. The molecule has 4 aromatic rings. The molecule has 0 spiro atoms. The number of hydrogen-bond acceptors (Lipinski definition) is 7. The van der Waals surface area contributed by atoms with Crippen molar-refractivity contribution in [3.63, 3.8) is 0 Å². The molecule has 0 saturated heterocycles. The van der Waals surface area contributed by atoms with Gasteiger partial charge in [-0.15, -0.1) is 0 Å². The SMILES string of the molecule is CC(C)(C)OC(=O)c1ccccc1-c1ccc(C(N)C(C(N)=O)c2c(-c3cc(Cl)ccc3[N+](=O)[O-])cc[nH]c2=O)cc1. The Morgan fingerprint density at radius 1 is 0.976 bits per heavy atom. The summed E-state index contributed by atoms with van der Waals surface area (Å²) in [5, 5.41) is 12.0. The van der Waals surface area contributed by atoms with Crippen molar-refractivity contribution < 1.29 is 19.2 Å². The molecular formula is C31H29ClN4O6. The molecule has 0 radical (unpaired) electrons. The maximum Gasteiger partial charge on any atom is 0.339 e. The second-order valence-corrected chi connectivity index (χ2v) is 11.1. The summed E-state index contributed by atoms with van der Waals surface area (Å²) in [6.07, 6.45) is 1.31. The van der Waals surface area contributed by atoms with Crippen molar-refractivity contribution in [2.75, 3.05) is 0 Å². The quantitative estimate of drug-likeness (QED) is 0.139. The normalized spacial score (nSPS) is 12.8. The first-order chi connectivity index (χ1) is 19.8. The Balaban J connectivity index is 1.77. The van der Waals surface area contributed by atoms with Crippen LogP contribution >= 0.6 is 11.6 Å². The topological polar surface area (TPSA) is 171 Å². The summed E-state index contributed by atoms with van der Waals surface area (Å²) >= 11 is 6.14. The van der Waals surface area contributed by atoms with E-state index in [1.165, 1.54) is 30.5 Å². The Hall–Kier alpha value is -4.80. The van der Waals surface area contributed by atoms with Crippen LogP contribution in [0.1, 0.15) is 54.2 Å². The second kappa shape index (κ2) is 12.0. The van der Waals surface area contributed by atoms with Crippen molar-refractivity contribution in [2.24, 2.45) is 11.5 Å². The summed E-state index contributed by atoms with van der Waals surface area (Å²) in [6, 6.07) is 18.0. The first-order valence-electron chi connectivity index (χ1n) is 12.9. The van der Waals surface area contributed by atoms with Crippen LogP contribution in [0.5, 0.6) is 0 Å². The molecule has 0 bridgehead atoms. The number of hydrogen-bond donors (Lipinski definition) is 3. The fourth-order valence-electron chi connectivity index (χ4n) is 4.74. The van der Waals surface area contributed by atoms with Crippen molar-refractivity contribution in [1.82, 2.24) is 4.98 Å². The van der Waals surface area contributed by atoms with Gasteiger partial charge in [0.25, 0.3) is 11.2 Å². The number of carbonyl (C=O) groups excluding carboxylic acids is 2. The summed E-state index contributed by atoms with van der Waals surface area (Å²) in [4.78, 5) is 52.5. The fraction of sp³-hybridized carbons (Fsp3) is 0.194. The van der Waals surface area contributed by atoms with Crippen LogP contribution < -0.4 is 17.0 Å². The summed E-state index contributed by atoms with van der Waals surface area (Å²) < 4.78 is 5.55. The Kier molecular flexibility index (Phi) is 8.60. The lowest BCUT2D eigenvalue weighted by atomic mass is 9.83. The number of nitro benzene ring substituents is 1. The molecule has 4 rings (SSSR count). The molecular weight excluding hydrogens is 560 g/mol. The van der Waals surface area contributed by atoms with Gasteiger partial charge < -0.3 is 21.2 Å². The van der Waals surface area contributed by atoms with E-state index in [1.54, 1.807) is 69.3 Å². The molecule has 216 valence electrons. The number of nitrogens with zero attached hydrogens (tertiary/aromatic N) is 1. The lowest BCUT2D eigenvalue weighted by Crippen LogP contribution is -2.35. The van der Waals surface area contributed by atoms with Crippen LogP contribution in [0.15, 0.2) is 83.8 Å². The van der Waals surface area contributed by atoms with E-state index in [4.69, 9.17) is 27.8 Å². The summed E-state index contributed by atoms with van der Waals surface area (Å²) in [7, 11) is 0. The van der Waals surface area contributed by atoms with Gasteiger partial charge in [0.1, 0.15) is 5.60 Å². The molecule has 5 N–H and O–H groups in total. The number of esters is 1. The average molecular weight is 589 g/mol. The predicted octanol–water partition coefficient (Wildman–Crippen LogP) is 5.49. The number of nitrogens with one attached hydrogen (secondary N) is 1. The number of nitro groups is 1. The van der Waals surface area contributed by atoms with Crippen LogP contribution in [0.3, 0.4) is 0 Å². The molecule has 0 saturated carbocycles. The van der Waals surface area contributed by atoms with E-state index in [-0.39, 0.29) is 27.4 Å². The fourth-order valence-corrected chi connectivity index (χ4v) is 4.91. The first kappa shape index (κ1) is 30.2. The number of rotatable bonds is 8. The number of benzene rings is 3. The minimum Gasteiger partial charge on any atom is -0.456 e. The number of nitrogens with two attached hydrogens (primary N) is 2. The highest BCUT2D eigenvalue weighted by molar-refractivity contribution is 6.31. The smallest absolute Gasteiger partial charge is 0.339 e. The lowest BCUT2D eigenvalue weighted by Gasteiger charge is -2.24. The van der Waals surface area contributed by atoms with E-state index in [0.29, 0.717) is 22.3 Å². The maximum atomic E-state index is 13.1. The van der Waals surface area contributed by atoms with Crippen LogP contribution in [0.25, 0.3) is 22.3 Å². The maximum absolute atomic E-state index is 13.1. The van der Waals surface area contributed by atoms with Gasteiger partial charge in [-0.05, 0) is 67.3 Å². The highest BCUT2D eigenvalue weighted by atomic mass is 35.5. The monoisotopic (exact) mass is 588 g/mol. The van der Waals surface area contributed by atoms with Gasteiger partial charge >= 0.3 is 5.97 Å². The van der Waals surface area contributed by atoms with Gasteiger partial charge in [-0.3, -0.25) is 19.7 Å². The highest BCUT2D eigenvalue weighted by Crippen LogP contribution is 2.39. The van der Waals surface area contributed by atoms with E-state index < -0.39 is 39.9 Å². The molecule has 1 amide bonds. The molecule has 2 unspecified atom stereocenters. The Bertz CT molecular complexity index is 1730. The number of amides is 1. The Morgan fingerprint density at radius 2 is 1.64 bits per heavy atom. The van der Waals surface area contributed by atoms with Crippen LogP contribution in [0, 0.1) is 10.1 Å². The zero-order valence-corrected chi connectivity index (χ0v) is 23.8. The van der Waals surface area contributed by atoms with Gasteiger partial charge in [-0.1, -0.05) is 54.1 Å². The second-order valence-electron chi connectivity index (χ2n) is 10.6. The molecule has 2 atom stereocenters. The van der Waals surface area contributed by atoms with E-state index in [9.17, 15) is 24.5 Å². The first-order valence-corrected chi connectivity index (χ1v) is 13.3. The standard InChI is InChI=1S/C31H29ClN4O6/c1-31(2,3)42-30(39)22-7-5-4-6-20(22)17-8-10-18(11-9-17)27(33)26(28(34)37)25-21(14-15-35-29(25)38)23-16-19(32)12-13-24(23)36(40)41/h4-16,26-27H,33H2,1-3H3,(H2,34,37)(H,35,38). The molecule has 3 aromatic carbocycles. The summed E-state index contributed by atoms with van der Waals surface area (Å²) in [5.41, 5.74) is 12.9. The van der Waals surface area contributed by atoms with E-state index in [1.807, 2.05) is 0 Å². The third-order valence-corrected chi connectivity index (χ3v) is 6.81. The number of aromatic amines is 1. The van der Waals surface area contributed by atoms with Gasteiger partial charge in [0.15, 0.2) is 0 Å². The van der Waals surface area contributed by atoms with Crippen molar-refractivity contribution in [2.45, 2.75) is 38.3 Å². The van der Waals surface area contributed by atoms with Crippen molar-refractivity contribution in [3.8, 4) is 22.3 Å². The lowest BCUT2D eigenvalue weighted by molar-refractivity contribution is -0.384. The van der Waals surface area contributed by atoms with E-state index >= 15 is 0 Å². The molecule has 0 aliphatic rings. The number of H-pyrrole nitrogens is 1. The van der Waals surface area contributed by atoms with Crippen molar-refractivity contribution in [1.29, 1.82) is 0 Å². The van der Waals surface area contributed by atoms with Gasteiger partial charge in [0, 0.05) is 28.9 Å². The zero-order valence-electron chi connectivity index (χ0n) is 23.1. The molecule has 0 aliphatic heterocycles. The number of ether oxygens (including phenoxy) is 1. The summed E-state index contributed by atoms with van der Waals surface area (Å²) in [6.45, 7) is 5.35. The molecule has 11 heteroatoms. The average Bonchev–Trinajstić information content (AvgIpc) is 2.92. The molecule has 1 aromatic heterocycles. The van der Waals surface area contributed by atoms with E-state index in [2.05, 4.69) is 4.98 Å². The Labute approximate surface area is 246 Å². The number of primary amides is 1. The minimum absolute atomic E-state index is 0.0427. The van der Waals surface area contributed by atoms with Crippen LogP contribution in [0.4, 0.5) is 5.69 Å². The number of carbonyl (C=O) groups is 2. The van der Waals surface area contributed by atoms with Gasteiger partial charge in [0.05, 0.1) is 22.0 Å². The van der Waals surface area contributed by atoms with Gasteiger partial charge in [0.2, 0.25) is 5.91 Å². The number of aromatic nitrogens is 1. The molecule has 10 nitrogen and oxygen atoms in total. The largest absolute Gasteiger partial charge is 0.456 e. The van der Waals surface area contributed by atoms with Crippen molar-refractivity contribution >= 4 is 29.2 Å². The van der Waals surface area contributed by atoms with Crippen molar-refractivity contribution in [3.05, 3.63) is 121 Å². The minimum atomic E-state index is -1.36. The van der Waals surface area contributed by atoms with Crippen LogP contribution in [-0.4, -0.2) is 27.4 Å². The third kappa shape index (κ3) is 6.40. The molecule has 0 fully saturated rings. The number of pyridine rings is 1. The van der Waals surface area contributed by atoms with Gasteiger partial charge in [-0.2, -0.15) is 0 Å². The van der Waals surface area contributed by atoms with E-state index in [0.717, 1.165) is 0 Å². The van der Waals surface area contributed by atoms with Crippen LogP contribution in [-0.2, 0) is 9.53 Å². The highest BCUT2D eigenvalue weighted by Gasteiger charge is 2.33. The molecule has 0 aliphatic carbocycles. The molecule has 1 heterocycles. The Morgan fingerprint density at radius 3 is 2.26 bits per heavy atom. The molecule has 42 heavy (non-hydrogen) atoms. The van der Waals surface area contributed by atoms with Crippen LogP contribution in [0.2, 0.25) is 5.02 Å². The predicted molar refractivity (Wildman–Crippen MR) is 160 cm³/mol. The number of halogens is 1. The van der Waals surface area contributed by atoms with Gasteiger partial charge in [-0.25, -0.2) is 4.79 Å². The third-order valence-electron chi connectivity index (χ3n) is 6.57.